The van der Waals surface area contributed by atoms with Crippen molar-refractivity contribution in [3.8, 4) is 17.2 Å². The topological polar surface area (TPSA) is 120 Å². The van der Waals surface area contributed by atoms with Crippen molar-refractivity contribution in [3.05, 3.63) is 83.0 Å². The van der Waals surface area contributed by atoms with Crippen molar-refractivity contribution in [3.63, 3.8) is 0 Å². The summed E-state index contributed by atoms with van der Waals surface area (Å²) in [7, 11) is 1.47. The molecule has 188 valence electrons. The van der Waals surface area contributed by atoms with E-state index in [1.54, 1.807) is 66.7 Å². The number of nitrogens with zero attached hydrogens (tertiary/aromatic N) is 1. The maximum Gasteiger partial charge on any atom is 0.328 e. The van der Waals surface area contributed by atoms with Crippen LogP contribution in [-0.4, -0.2) is 36.3 Å². The average molecular weight is 521 g/mol. The fourth-order valence-electron chi connectivity index (χ4n) is 3.90. The quantitative estimate of drug-likeness (QED) is 0.334. The zero-order valence-corrected chi connectivity index (χ0v) is 20.3. The van der Waals surface area contributed by atoms with E-state index in [0.29, 0.717) is 38.9 Å². The van der Waals surface area contributed by atoms with Crippen molar-refractivity contribution in [2.45, 2.75) is 6.54 Å². The number of fused-ring (bicyclic) bond motifs is 2. The van der Waals surface area contributed by atoms with Gasteiger partial charge in [0.25, 0.3) is 5.91 Å². The minimum atomic E-state index is -0.971. The number of amides is 3. The molecule has 0 bridgehead atoms. The number of nitrogens with one attached hydrogen (secondary N) is 3. The predicted molar refractivity (Wildman–Crippen MR) is 137 cm³/mol. The van der Waals surface area contributed by atoms with Crippen LogP contribution in [0.25, 0.3) is 10.9 Å². The van der Waals surface area contributed by atoms with Crippen molar-refractivity contribution in [2.24, 2.45) is 0 Å². The van der Waals surface area contributed by atoms with E-state index in [4.69, 9.17) is 25.8 Å². The van der Waals surface area contributed by atoms with Crippen LogP contribution in [0, 0.1) is 0 Å². The third kappa shape index (κ3) is 5.00. The Morgan fingerprint density at radius 1 is 0.973 bits per heavy atom. The highest BCUT2D eigenvalue weighted by molar-refractivity contribution is 6.38. The Balaban J connectivity index is 1.38. The predicted octanol–water partition coefficient (Wildman–Crippen LogP) is 3.67. The average Bonchev–Trinajstić information content (AvgIpc) is 3.51. The fraction of sp³-hybridized carbons (Fsp3) is 0.115. The zero-order valence-electron chi connectivity index (χ0n) is 19.5. The summed E-state index contributed by atoms with van der Waals surface area (Å²) in [6.45, 7) is 0.218. The van der Waals surface area contributed by atoms with Gasteiger partial charge in [0.05, 0.1) is 7.11 Å². The van der Waals surface area contributed by atoms with Gasteiger partial charge in [-0.2, -0.15) is 0 Å². The maximum atomic E-state index is 13.2. The summed E-state index contributed by atoms with van der Waals surface area (Å²) in [4.78, 5) is 38.7. The first kappa shape index (κ1) is 24.0. The van der Waals surface area contributed by atoms with Crippen LogP contribution in [0.3, 0.4) is 0 Å². The number of aromatic nitrogens is 1. The summed E-state index contributed by atoms with van der Waals surface area (Å²) >= 11 is 6.03. The normalized spacial score (nSPS) is 11.7. The van der Waals surface area contributed by atoms with Gasteiger partial charge in [0.2, 0.25) is 6.79 Å². The molecule has 0 atom stereocenters. The molecule has 0 spiro atoms. The second-order valence-electron chi connectivity index (χ2n) is 8.04. The molecule has 4 aromatic rings. The van der Waals surface area contributed by atoms with Crippen LogP contribution in [0.1, 0.15) is 16.1 Å². The van der Waals surface area contributed by atoms with Crippen molar-refractivity contribution in [1.82, 2.24) is 9.99 Å². The molecule has 5 rings (SSSR count). The van der Waals surface area contributed by atoms with Crippen LogP contribution in [0.5, 0.6) is 17.2 Å². The highest BCUT2D eigenvalue weighted by Crippen LogP contribution is 2.32. The monoisotopic (exact) mass is 520 g/mol. The Kier molecular flexibility index (Phi) is 6.57. The van der Waals surface area contributed by atoms with E-state index in [2.05, 4.69) is 16.1 Å². The second-order valence-corrected chi connectivity index (χ2v) is 8.48. The van der Waals surface area contributed by atoms with Crippen LogP contribution >= 0.6 is 11.6 Å². The summed E-state index contributed by atoms with van der Waals surface area (Å²) in [5.74, 6) is -0.805. The van der Waals surface area contributed by atoms with Gasteiger partial charge >= 0.3 is 11.8 Å². The lowest BCUT2D eigenvalue weighted by molar-refractivity contribution is -0.136. The number of rotatable bonds is 6. The molecule has 0 unspecified atom stereocenters. The largest absolute Gasteiger partial charge is 0.494 e. The number of para-hydroxylation sites is 1. The van der Waals surface area contributed by atoms with Gasteiger partial charge in [0.15, 0.2) is 11.5 Å². The molecule has 11 heteroatoms. The van der Waals surface area contributed by atoms with Crippen molar-refractivity contribution < 1.29 is 28.6 Å². The third-order valence-corrected chi connectivity index (χ3v) is 5.87. The Bertz CT molecular complexity index is 1530. The van der Waals surface area contributed by atoms with E-state index < -0.39 is 17.7 Å². The molecule has 0 saturated heterocycles. The number of hydrogen-bond acceptors (Lipinski definition) is 6. The van der Waals surface area contributed by atoms with Crippen molar-refractivity contribution in [1.29, 1.82) is 0 Å². The lowest BCUT2D eigenvalue weighted by Crippen LogP contribution is -2.39. The minimum Gasteiger partial charge on any atom is -0.494 e. The number of carbonyl (C=O) groups is 3. The van der Waals surface area contributed by atoms with Gasteiger partial charge in [-0.15, -0.1) is 0 Å². The first-order valence-electron chi connectivity index (χ1n) is 11.2. The van der Waals surface area contributed by atoms with E-state index in [9.17, 15) is 14.4 Å². The number of carbonyl (C=O) groups excluding carboxylic acids is 3. The van der Waals surface area contributed by atoms with E-state index in [1.807, 2.05) is 0 Å². The molecule has 2 heterocycles. The molecule has 10 nitrogen and oxygen atoms in total. The molecule has 0 radical (unpaired) electrons. The van der Waals surface area contributed by atoms with Gasteiger partial charge in [0.1, 0.15) is 17.0 Å². The molecule has 1 aliphatic heterocycles. The molecule has 3 amide bonds. The van der Waals surface area contributed by atoms with Gasteiger partial charge in [-0.05, 0) is 48.0 Å². The fourth-order valence-corrected chi connectivity index (χ4v) is 4.09. The molecule has 0 saturated carbocycles. The van der Waals surface area contributed by atoms with Crippen molar-refractivity contribution in [2.75, 3.05) is 24.6 Å². The standard InChI is InChI=1S/C26H21ClN4O6/c1-35-21-7-2-4-16-11-19(24(32)29-18-6-3-5-17(27)12-18)31(23(16)21)30-26(34)25(33)28-13-15-8-9-20-22(10-15)37-14-36-20/h2-12H,13-14H2,1H3,(H,28,33)(H,29,32)(H,30,34). The van der Waals surface area contributed by atoms with Gasteiger partial charge < -0.3 is 24.8 Å². The number of ether oxygens (including phenoxy) is 3. The van der Waals surface area contributed by atoms with Gasteiger partial charge in [-0.25, -0.2) is 4.68 Å². The Hall–Kier alpha value is -4.70. The lowest BCUT2D eigenvalue weighted by Gasteiger charge is -2.14. The summed E-state index contributed by atoms with van der Waals surface area (Å²) in [6, 6.07) is 18.6. The Morgan fingerprint density at radius 3 is 2.59 bits per heavy atom. The lowest BCUT2D eigenvalue weighted by atomic mass is 10.2. The van der Waals surface area contributed by atoms with Crippen LogP contribution in [0.4, 0.5) is 5.69 Å². The van der Waals surface area contributed by atoms with Gasteiger partial charge in [0, 0.05) is 22.6 Å². The van der Waals surface area contributed by atoms with Crippen LogP contribution < -0.4 is 30.3 Å². The van der Waals surface area contributed by atoms with Crippen LogP contribution in [0.15, 0.2) is 66.7 Å². The molecule has 1 aliphatic rings. The third-order valence-electron chi connectivity index (χ3n) is 5.63. The number of benzene rings is 3. The minimum absolute atomic E-state index is 0.0800. The smallest absolute Gasteiger partial charge is 0.328 e. The van der Waals surface area contributed by atoms with Crippen LogP contribution in [-0.2, 0) is 16.1 Å². The molecule has 3 aromatic carbocycles. The maximum absolute atomic E-state index is 13.2. The van der Waals surface area contributed by atoms with E-state index >= 15 is 0 Å². The highest BCUT2D eigenvalue weighted by Gasteiger charge is 2.23. The zero-order chi connectivity index (χ0) is 25.9. The molecule has 0 aliphatic carbocycles. The molecule has 0 fully saturated rings. The van der Waals surface area contributed by atoms with Crippen LogP contribution in [0.2, 0.25) is 5.02 Å². The SMILES string of the molecule is COc1cccc2cc(C(=O)Nc3cccc(Cl)c3)n(NC(=O)C(=O)NCc3ccc4c(c3)OCO4)c12. The number of hydrogen-bond donors (Lipinski definition) is 3. The first-order chi connectivity index (χ1) is 17.9. The molecule has 37 heavy (non-hydrogen) atoms. The van der Waals surface area contributed by atoms with Crippen molar-refractivity contribution >= 4 is 45.9 Å². The molecular formula is C26H21ClN4O6. The second kappa shape index (κ2) is 10.1. The molecular weight excluding hydrogens is 500 g/mol. The first-order valence-corrected chi connectivity index (χ1v) is 11.5. The number of halogens is 1. The summed E-state index contributed by atoms with van der Waals surface area (Å²) in [6.07, 6.45) is 0. The number of anilines is 1. The number of methoxy groups -OCH3 is 1. The summed E-state index contributed by atoms with van der Waals surface area (Å²) in [5.41, 5.74) is 4.20. The Morgan fingerprint density at radius 2 is 1.78 bits per heavy atom. The summed E-state index contributed by atoms with van der Waals surface area (Å²) in [5, 5.41) is 6.39. The van der Waals surface area contributed by atoms with E-state index in [1.165, 1.54) is 11.8 Å². The molecule has 1 aromatic heterocycles. The van der Waals surface area contributed by atoms with Gasteiger partial charge in [-0.1, -0.05) is 35.9 Å². The summed E-state index contributed by atoms with van der Waals surface area (Å²) < 4.78 is 17.3. The van der Waals surface area contributed by atoms with Gasteiger partial charge in [-0.3, -0.25) is 19.8 Å². The highest BCUT2D eigenvalue weighted by atomic mass is 35.5. The Labute approximate surface area is 216 Å². The molecule has 3 N–H and O–H groups in total. The van der Waals surface area contributed by atoms with E-state index in [0.717, 1.165) is 5.56 Å². The van der Waals surface area contributed by atoms with E-state index in [-0.39, 0.29) is 19.0 Å².